The number of aromatic nitrogens is 1. The second-order valence-electron chi connectivity index (χ2n) is 8.33. The lowest BCUT2D eigenvalue weighted by Gasteiger charge is -2.31. The maximum Gasteiger partial charge on any atom is 0.134 e. The minimum absolute atomic E-state index is 0.214. The molecule has 2 unspecified atom stereocenters. The van der Waals surface area contributed by atoms with Gasteiger partial charge in [-0.1, -0.05) is 36.1 Å². The van der Waals surface area contributed by atoms with Gasteiger partial charge >= 0.3 is 0 Å². The Morgan fingerprint density at radius 3 is 2.78 bits per heavy atom. The van der Waals surface area contributed by atoms with Gasteiger partial charge in [0.05, 0.1) is 29.0 Å². The Bertz CT molecular complexity index is 1040. The number of ether oxygens (including phenoxy) is 2. The van der Waals surface area contributed by atoms with Gasteiger partial charge in [0.15, 0.2) is 0 Å². The molecule has 2 heterocycles. The molecule has 5 nitrogen and oxygen atoms in total. The highest BCUT2D eigenvalue weighted by Crippen LogP contribution is 2.35. The standard InChI is InChI=1S/C26H30N2O3S/c1-19(29)18-30-16-6-8-20-7-5-9-21(17-20)25(31-22-12-14-28(2)15-13-22)26-27-23-10-3-4-11-24(23)32-26/h3-5,7,9-11,17,19,22,25,29H,12-16,18H2,1-2H3. The van der Waals surface area contributed by atoms with E-state index in [1.54, 1.807) is 18.3 Å². The molecular formula is C26H30N2O3S. The van der Waals surface area contributed by atoms with Gasteiger partial charge < -0.3 is 19.5 Å². The van der Waals surface area contributed by atoms with Gasteiger partial charge in [-0.3, -0.25) is 0 Å². The molecule has 168 valence electrons. The zero-order valence-corrected chi connectivity index (χ0v) is 19.5. The number of para-hydroxylation sites is 1. The number of benzene rings is 2. The average Bonchev–Trinajstić information content (AvgIpc) is 3.22. The maximum atomic E-state index is 9.28. The minimum atomic E-state index is -0.480. The van der Waals surface area contributed by atoms with Crippen molar-refractivity contribution >= 4 is 21.6 Å². The molecule has 1 saturated heterocycles. The van der Waals surface area contributed by atoms with Crippen molar-refractivity contribution in [1.29, 1.82) is 0 Å². The van der Waals surface area contributed by atoms with Crippen LogP contribution in [0.1, 0.15) is 42.0 Å². The van der Waals surface area contributed by atoms with Crippen LogP contribution in [0, 0.1) is 11.8 Å². The van der Waals surface area contributed by atoms with Gasteiger partial charge in [-0.25, -0.2) is 4.98 Å². The van der Waals surface area contributed by atoms with Gasteiger partial charge in [-0.2, -0.15) is 0 Å². The molecular weight excluding hydrogens is 420 g/mol. The normalized spacial score (nSPS) is 17.1. The Kier molecular flexibility index (Phi) is 7.90. The summed E-state index contributed by atoms with van der Waals surface area (Å²) < 4.78 is 13.2. The summed E-state index contributed by atoms with van der Waals surface area (Å²) >= 11 is 1.70. The summed E-state index contributed by atoms with van der Waals surface area (Å²) in [6.45, 7) is 4.38. The molecule has 6 heteroatoms. The molecule has 1 aliphatic rings. The average molecular weight is 451 g/mol. The molecule has 0 amide bonds. The Morgan fingerprint density at radius 1 is 1.19 bits per heavy atom. The van der Waals surface area contributed by atoms with Gasteiger partial charge in [-0.05, 0) is 56.6 Å². The predicted octanol–water partition coefficient (Wildman–Crippen LogP) is 4.25. The Hall–Kier alpha value is -2.27. The molecule has 2 atom stereocenters. The van der Waals surface area contributed by atoms with Crippen LogP contribution < -0.4 is 0 Å². The van der Waals surface area contributed by atoms with Crippen LogP contribution in [0.5, 0.6) is 0 Å². The fourth-order valence-electron chi connectivity index (χ4n) is 3.79. The van der Waals surface area contributed by atoms with E-state index in [1.165, 1.54) is 4.70 Å². The van der Waals surface area contributed by atoms with Crippen LogP contribution in [0.25, 0.3) is 10.2 Å². The summed E-state index contributed by atoms with van der Waals surface area (Å²) in [5.41, 5.74) is 3.00. The monoisotopic (exact) mass is 450 g/mol. The highest BCUT2D eigenvalue weighted by molar-refractivity contribution is 7.18. The van der Waals surface area contributed by atoms with Crippen molar-refractivity contribution in [1.82, 2.24) is 9.88 Å². The predicted molar refractivity (Wildman–Crippen MR) is 129 cm³/mol. The second-order valence-corrected chi connectivity index (χ2v) is 9.39. The SMILES string of the molecule is CC(O)COCC#Cc1cccc(C(OC2CCN(C)CC2)c2nc3ccccc3s2)c1. The Morgan fingerprint density at radius 2 is 2.00 bits per heavy atom. The van der Waals surface area contributed by atoms with Gasteiger partial charge in [-0.15, -0.1) is 11.3 Å². The van der Waals surface area contributed by atoms with Crippen molar-refractivity contribution < 1.29 is 14.6 Å². The lowest BCUT2D eigenvalue weighted by Crippen LogP contribution is -2.35. The van der Waals surface area contributed by atoms with Crippen molar-refractivity contribution in [3.05, 3.63) is 64.7 Å². The minimum Gasteiger partial charge on any atom is -0.391 e. The number of hydrogen-bond donors (Lipinski definition) is 1. The molecule has 1 aliphatic heterocycles. The van der Waals surface area contributed by atoms with E-state index < -0.39 is 6.10 Å². The van der Waals surface area contributed by atoms with Crippen molar-refractivity contribution in [2.24, 2.45) is 0 Å². The fourth-order valence-corrected chi connectivity index (χ4v) is 4.83. The molecule has 1 N–H and O–H groups in total. The number of likely N-dealkylation sites (tertiary alicyclic amines) is 1. The van der Waals surface area contributed by atoms with Crippen LogP contribution in [0.2, 0.25) is 0 Å². The zero-order valence-electron chi connectivity index (χ0n) is 18.7. The van der Waals surface area contributed by atoms with E-state index in [0.29, 0.717) is 13.2 Å². The fraction of sp³-hybridized carbons (Fsp3) is 0.423. The third-order valence-electron chi connectivity index (χ3n) is 5.48. The van der Waals surface area contributed by atoms with Crippen LogP contribution >= 0.6 is 11.3 Å². The zero-order chi connectivity index (χ0) is 22.3. The lowest BCUT2D eigenvalue weighted by molar-refractivity contribution is -0.0234. The van der Waals surface area contributed by atoms with Gasteiger partial charge in [0.25, 0.3) is 0 Å². The summed E-state index contributed by atoms with van der Waals surface area (Å²) in [5, 5.41) is 10.3. The van der Waals surface area contributed by atoms with Crippen LogP contribution in [0.3, 0.4) is 0 Å². The summed E-state index contributed by atoms with van der Waals surface area (Å²) in [5.74, 6) is 6.19. The highest BCUT2D eigenvalue weighted by Gasteiger charge is 2.26. The molecule has 1 aromatic heterocycles. The number of nitrogens with zero attached hydrogens (tertiary/aromatic N) is 2. The van der Waals surface area contributed by atoms with Crippen molar-refractivity contribution in [2.45, 2.75) is 38.1 Å². The molecule has 4 rings (SSSR count). The molecule has 3 aromatic rings. The first-order valence-electron chi connectivity index (χ1n) is 11.1. The van der Waals surface area contributed by atoms with Crippen LogP contribution in [-0.2, 0) is 9.47 Å². The number of rotatable bonds is 7. The molecule has 0 bridgehead atoms. The molecule has 0 saturated carbocycles. The van der Waals surface area contributed by atoms with E-state index in [4.69, 9.17) is 14.5 Å². The van der Waals surface area contributed by atoms with E-state index in [0.717, 1.165) is 47.6 Å². The number of hydrogen-bond acceptors (Lipinski definition) is 6. The van der Waals surface area contributed by atoms with Crippen LogP contribution in [0.4, 0.5) is 0 Å². The van der Waals surface area contributed by atoms with Crippen molar-refractivity contribution in [3.8, 4) is 11.8 Å². The van der Waals surface area contributed by atoms with Gasteiger partial charge in [0.1, 0.15) is 17.7 Å². The number of piperidine rings is 1. The molecule has 2 aromatic carbocycles. The number of aliphatic hydroxyl groups is 1. The van der Waals surface area contributed by atoms with E-state index >= 15 is 0 Å². The summed E-state index contributed by atoms with van der Waals surface area (Å²) in [4.78, 5) is 7.26. The van der Waals surface area contributed by atoms with E-state index in [2.05, 4.69) is 48.1 Å². The third kappa shape index (κ3) is 6.16. The molecule has 0 spiro atoms. The summed E-state index contributed by atoms with van der Waals surface area (Å²) in [6, 6.07) is 16.4. The first kappa shape index (κ1) is 22.9. The van der Waals surface area contributed by atoms with Crippen LogP contribution in [-0.4, -0.2) is 60.5 Å². The maximum absolute atomic E-state index is 9.28. The molecule has 0 radical (unpaired) electrons. The topological polar surface area (TPSA) is 54.8 Å². The van der Waals surface area contributed by atoms with Gasteiger partial charge in [0.2, 0.25) is 0 Å². The number of thiazole rings is 1. The van der Waals surface area contributed by atoms with E-state index in [9.17, 15) is 5.11 Å². The molecule has 1 fully saturated rings. The van der Waals surface area contributed by atoms with Crippen LogP contribution in [0.15, 0.2) is 48.5 Å². The Labute approximate surface area is 194 Å². The molecule has 0 aliphatic carbocycles. The largest absolute Gasteiger partial charge is 0.391 e. The quantitative estimate of drug-likeness (QED) is 0.431. The first-order chi connectivity index (χ1) is 15.6. The highest BCUT2D eigenvalue weighted by atomic mass is 32.1. The lowest BCUT2D eigenvalue weighted by atomic mass is 10.0. The second kappa shape index (κ2) is 11.0. The van der Waals surface area contributed by atoms with Gasteiger partial charge in [0, 0.05) is 18.7 Å². The van der Waals surface area contributed by atoms with E-state index in [1.807, 2.05) is 24.3 Å². The smallest absolute Gasteiger partial charge is 0.134 e. The summed E-state index contributed by atoms with van der Waals surface area (Å²) in [7, 11) is 2.16. The number of aliphatic hydroxyl groups excluding tert-OH is 1. The molecule has 32 heavy (non-hydrogen) atoms. The van der Waals surface area contributed by atoms with Crippen molar-refractivity contribution in [3.63, 3.8) is 0 Å². The first-order valence-corrected chi connectivity index (χ1v) is 11.9. The third-order valence-corrected chi connectivity index (χ3v) is 6.56. The van der Waals surface area contributed by atoms with E-state index in [-0.39, 0.29) is 12.2 Å². The number of fused-ring (bicyclic) bond motifs is 1. The van der Waals surface area contributed by atoms with Crippen molar-refractivity contribution in [2.75, 3.05) is 33.4 Å². The summed E-state index contributed by atoms with van der Waals surface area (Å²) in [6.07, 6.45) is 1.57. The Balaban J connectivity index is 1.57.